The fourth-order valence-electron chi connectivity index (χ4n) is 1.62. The first-order valence-corrected chi connectivity index (χ1v) is 6.40. The van der Waals surface area contributed by atoms with Gasteiger partial charge in [0.2, 0.25) is 0 Å². The third-order valence-electron chi connectivity index (χ3n) is 2.63. The number of benzene rings is 1. The molecule has 1 aromatic carbocycles. The van der Waals surface area contributed by atoms with Crippen LogP contribution in [0.5, 0.6) is 0 Å². The summed E-state index contributed by atoms with van der Waals surface area (Å²) in [6.45, 7) is 5.03. The number of amides is 1. The first kappa shape index (κ1) is 16.9. The number of halogens is 1. The van der Waals surface area contributed by atoms with E-state index in [1.807, 2.05) is 0 Å². The Balaban J connectivity index is 2.83. The summed E-state index contributed by atoms with van der Waals surface area (Å²) in [5, 5.41) is 9.24. The van der Waals surface area contributed by atoms with E-state index in [1.165, 1.54) is 24.3 Å². The van der Waals surface area contributed by atoms with Gasteiger partial charge in [-0.2, -0.15) is 0 Å². The van der Waals surface area contributed by atoms with E-state index in [1.54, 1.807) is 20.8 Å². The summed E-state index contributed by atoms with van der Waals surface area (Å²) in [5.74, 6) is -1.62. The molecule has 0 aliphatic rings. The van der Waals surface area contributed by atoms with Crippen LogP contribution in [0.4, 0.5) is 9.18 Å². The van der Waals surface area contributed by atoms with Crippen LogP contribution in [-0.2, 0) is 16.0 Å². The number of nitrogens with zero attached hydrogens (tertiary/aromatic N) is 1. The lowest BCUT2D eigenvalue weighted by Gasteiger charge is -2.28. The van der Waals surface area contributed by atoms with Gasteiger partial charge in [0, 0.05) is 13.5 Å². The van der Waals surface area contributed by atoms with E-state index in [9.17, 15) is 19.1 Å². The van der Waals surface area contributed by atoms with Gasteiger partial charge in [0.15, 0.2) is 0 Å². The highest BCUT2D eigenvalue weighted by atomic mass is 19.1. The van der Waals surface area contributed by atoms with Crippen molar-refractivity contribution in [2.24, 2.45) is 0 Å². The van der Waals surface area contributed by atoms with Gasteiger partial charge in [0.05, 0.1) is 0 Å². The third-order valence-corrected chi connectivity index (χ3v) is 2.63. The molecule has 0 aliphatic heterocycles. The van der Waals surface area contributed by atoms with Gasteiger partial charge in [0.1, 0.15) is 17.5 Å². The first-order chi connectivity index (χ1) is 9.60. The fraction of sp³-hybridized carbons (Fsp3) is 0.400. The molecule has 0 unspecified atom stereocenters. The van der Waals surface area contributed by atoms with Gasteiger partial charge in [-0.15, -0.1) is 0 Å². The first-order valence-electron chi connectivity index (χ1n) is 6.40. The van der Waals surface area contributed by atoms with Crippen LogP contribution in [-0.4, -0.2) is 33.7 Å². The van der Waals surface area contributed by atoms with Crippen LogP contribution in [0.25, 0.3) is 0 Å². The number of hydrogen-bond donors (Lipinski definition) is 1. The lowest BCUT2D eigenvalue weighted by molar-refractivity contribution is -0.142. The standard InChI is InChI=1S/C15H19FNO4/c1-15(2,3)21-14(20)17(4)12(13(18)19)9-10-5-7-11(16)8-6-10/h5-8,12H,4,9H2,1-3H3,(H,18,19)/t12-/m0/s1. The topological polar surface area (TPSA) is 66.8 Å². The molecule has 6 heteroatoms. The second kappa shape index (κ2) is 6.56. The van der Waals surface area contributed by atoms with Crippen molar-refractivity contribution in [2.45, 2.75) is 38.8 Å². The van der Waals surface area contributed by atoms with Gasteiger partial charge in [-0.3, -0.25) is 4.90 Å². The lowest BCUT2D eigenvalue weighted by atomic mass is 10.1. The SMILES string of the molecule is [CH2]N(C(=O)OC(C)(C)C)[C@@H](Cc1ccc(F)cc1)C(=O)O. The zero-order chi connectivity index (χ0) is 16.2. The van der Waals surface area contributed by atoms with Crippen molar-refractivity contribution in [2.75, 3.05) is 0 Å². The third kappa shape index (κ3) is 5.41. The largest absolute Gasteiger partial charge is 0.480 e. The van der Waals surface area contributed by atoms with Crippen LogP contribution in [0.2, 0.25) is 0 Å². The molecule has 0 bridgehead atoms. The molecule has 1 radical (unpaired) electrons. The Hall–Kier alpha value is -2.11. The predicted molar refractivity (Wildman–Crippen MR) is 75.0 cm³/mol. The van der Waals surface area contributed by atoms with Gasteiger partial charge in [0.25, 0.3) is 0 Å². The molecule has 115 valence electrons. The number of carbonyl (C=O) groups excluding carboxylic acids is 1. The minimum atomic E-state index is -1.21. The predicted octanol–water partition coefficient (Wildman–Crippen LogP) is 2.85. The molecule has 1 amide bonds. The maximum atomic E-state index is 12.8. The van der Waals surface area contributed by atoms with E-state index < -0.39 is 29.5 Å². The summed E-state index contributed by atoms with van der Waals surface area (Å²) in [4.78, 5) is 24.0. The molecule has 5 nitrogen and oxygen atoms in total. The maximum Gasteiger partial charge on any atom is 0.411 e. The average molecular weight is 296 g/mol. The van der Waals surface area contributed by atoms with Crippen molar-refractivity contribution in [1.82, 2.24) is 4.90 Å². The number of hydrogen-bond acceptors (Lipinski definition) is 3. The second-order valence-electron chi connectivity index (χ2n) is 5.63. The normalized spacial score (nSPS) is 12.6. The molecule has 0 spiro atoms. The highest BCUT2D eigenvalue weighted by Crippen LogP contribution is 2.15. The molecule has 1 aromatic rings. The van der Waals surface area contributed by atoms with Crippen molar-refractivity contribution in [3.8, 4) is 0 Å². The second-order valence-corrected chi connectivity index (χ2v) is 5.63. The molecular weight excluding hydrogens is 277 g/mol. The number of carboxylic acid groups (broad SMARTS) is 1. The lowest BCUT2D eigenvalue weighted by Crippen LogP contribution is -2.44. The molecule has 0 aromatic heterocycles. The van der Waals surface area contributed by atoms with E-state index in [2.05, 4.69) is 7.05 Å². The summed E-state index contributed by atoms with van der Waals surface area (Å²) in [6.07, 6.45) is -0.810. The highest BCUT2D eigenvalue weighted by molar-refractivity contribution is 5.80. The monoisotopic (exact) mass is 296 g/mol. The molecule has 21 heavy (non-hydrogen) atoms. The van der Waals surface area contributed by atoms with Crippen LogP contribution >= 0.6 is 0 Å². The minimum absolute atomic E-state index is 0.0123. The minimum Gasteiger partial charge on any atom is -0.480 e. The van der Waals surface area contributed by atoms with E-state index in [0.29, 0.717) is 5.56 Å². The van der Waals surface area contributed by atoms with Crippen molar-refractivity contribution in [3.05, 3.63) is 42.7 Å². The number of rotatable bonds is 4. The molecule has 1 atom stereocenters. The highest BCUT2D eigenvalue weighted by Gasteiger charge is 2.30. The van der Waals surface area contributed by atoms with Crippen molar-refractivity contribution in [1.29, 1.82) is 0 Å². The Morgan fingerprint density at radius 2 is 1.86 bits per heavy atom. The Kier molecular flexibility index (Phi) is 5.29. The summed E-state index contributed by atoms with van der Waals surface area (Å²) in [5.41, 5.74) is -0.160. The molecule has 0 saturated carbocycles. The Labute approximate surface area is 123 Å². The average Bonchev–Trinajstić information content (AvgIpc) is 2.34. The summed E-state index contributed by atoms with van der Waals surface area (Å²) in [7, 11) is 3.46. The van der Waals surface area contributed by atoms with Crippen LogP contribution in [0.15, 0.2) is 24.3 Å². The molecule has 0 aliphatic carbocycles. The number of carboxylic acids is 1. The van der Waals surface area contributed by atoms with E-state index >= 15 is 0 Å². The molecule has 0 saturated heterocycles. The zero-order valence-electron chi connectivity index (χ0n) is 12.3. The van der Waals surface area contributed by atoms with Crippen LogP contribution in [0.1, 0.15) is 26.3 Å². The Morgan fingerprint density at radius 1 is 1.33 bits per heavy atom. The van der Waals surface area contributed by atoms with E-state index in [4.69, 9.17) is 4.74 Å². The number of aliphatic carboxylic acids is 1. The van der Waals surface area contributed by atoms with Gasteiger partial charge in [-0.25, -0.2) is 14.0 Å². The van der Waals surface area contributed by atoms with Gasteiger partial charge < -0.3 is 9.84 Å². The van der Waals surface area contributed by atoms with Crippen molar-refractivity contribution < 1.29 is 23.8 Å². The summed E-state index contributed by atoms with van der Waals surface area (Å²) in [6, 6.07) is 4.21. The summed E-state index contributed by atoms with van der Waals surface area (Å²) < 4.78 is 17.9. The van der Waals surface area contributed by atoms with Gasteiger partial charge in [-0.1, -0.05) is 12.1 Å². The van der Waals surface area contributed by atoms with Crippen LogP contribution in [0.3, 0.4) is 0 Å². The van der Waals surface area contributed by atoms with E-state index in [0.717, 1.165) is 4.90 Å². The van der Waals surface area contributed by atoms with Crippen molar-refractivity contribution in [3.63, 3.8) is 0 Å². The fourth-order valence-corrected chi connectivity index (χ4v) is 1.62. The molecular formula is C15H19FNO4. The van der Waals surface area contributed by atoms with Gasteiger partial charge >= 0.3 is 12.1 Å². The van der Waals surface area contributed by atoms with Crippen LogP contribution in [0, 0.1) is 12.9 Å². The Morgan fingerprint density at radius 3 is 2.29 bits per heavy atom. The zero-order valence-corrected chi connectivity index (χ0v) is 12.3. The molecule has 1 N–H and O–H groups in total. The smallest absolute Gasteiger partial charge is 0.411 e. The maximum absolute atomic E-state index is 12.8. The van der Waals surface area contributed by atoms with Crippen LogP contribution < -0.4 is 0 Å². The van der Waals surface area contributed by atoms with Gasteiger partial charge in [-0.05, 0) is 38.5 Å². The molecule has 1 rings (SSSR count). The molecule has 0 heterocycles. The van der Waals surface area contributed by atoms with E-state index in [-0.39, 0.29) is 6.42 Å². The van der Waals surface area contributed by atoms with Crippen molar-refractivity contribution >= 4 is 12.1 Å². The molecule has 0 fully saturated rings. The number of carbonyl (C=O) groups is 2. The quantitative estimate of drug-likeness (QED) is 0.927. The number of ether oxygens (including phenoxy) is 1. The Bertz CT molecular complexity index is 507. The summed E-state index contributed by atoms with van der Waals surface area (Å²) >= 11 is 0.